The maximum atomic E-state index is 12.7. The Balaban J connectivity index is 1.76. The van der Waals surface area contributed by atoms with Gasteiger partial charge in [0.15, 0.2) is 0 Å². The second kappa shape index (κ2) is 6.76. The zero-order valence-electron chi connectivity index (χ0n) is 13.8. The molecule has 2 N–H and O–H groups in total. The molecule has 0 spiro atoms. The Bertz CT molecular complexity index is 843. The molecule has 0 saturated carbocycles. The van der Waals surface area contributed by atoms with Crippen LogP contribution in [0.3, 0.4) is 0 Å². The van der Waals surface area contributed by atoms with E-state index in [-0.39, 0.29) is 17.4 Å². The lowest BCUT2D eigenvalue weighted by molar-refractivity contribution is -0.114. The molecule has 2 aromatic carbocycles. The number of aromatic carboxylic acids is 1. The van der Waals surface area contributed by atoms with Crippen LogP contribution in [0, 0.1) is 0 Å². The van der Waals surface area contributed by atoms with Gasteiger partial charge < -0.3 is 15.3 Å². The molecule has 0 aliphatic carbocycles. The number of anilines is 1. The first kappa shape index (κ1) is 16.7. The normalized spacial score (nSPS) is 13.1. The average Bonchev–Trinajstić information content (AvgIpc) is 2.60. The second-order valence-corrected chi connectivity index (χ2v) is 6.02. The molecule has 25 heavy (non-hydrogen) atoms. The number of amides is 2. The third-order valence-corrected chi connectivity index (χ3v) is 4.20. The van der Waals surface area contributed by atoms with Gasteiger partial charge in [0.05, 0.1) is 5.56 Å². The summed E-state index contributed by atoms with van der Waals surface area (Å²) < 4.78 is 0. The van der Waals surface area contributed by atoms with E-state index in [1.165, 1.54) is 6.92 Å². The molecular weight excluding hydrogens is 320 g/mol. The molecule has 3 rings (SSSR count). The van der Waals surface area contributed by atoms with Crippen LogP contribution < -0.4 is 5.32 Å². The molecule has 0 radical (unpaired) electrons. The molecule has 1 aliphatic rings. The molecule has 0 saturated heterocycles. The van der Waals surface area contributed by atoms with E-state index in [9.17, 15) is 14.4 Å². The number of rotatable bonds is 3. The fourth-order valence-corrected chi connectivity index (χ4v) is 2.95. The van der Waals surface area contributed by atoms with E-state index in [1.807, 2.05) is 6.07 Å². The largest absolute Gasteiger partial charge is 0.478 e. The van der Waals surface area contributed by atoms with Crippen LogP contribution in [0.15, 0.2) is 42.5 Å². The van der Waals surface area contributed by atoms with Crippen molar-refractivity contribution in [3.8, 4) is 0 Å². The van der Waals surface area contributed by atoms with Gasteiger partial charge in [-0.2, -0.15) is 0 Å². The fourth-order valence-electron chi connectivity index (χ4n) is 2.95. The van der Waals surface area contributed by atoms with Crippen molar-refractivity contribution in [1.29, 1.82) is 0 Å². The second-order valence-electron chi connectivity index (χ2n) is 6.02. The topological polar surface area (TPSA) is 86.7 Å². The van der Waals surface area contributed by atoms with Crippen molar-refractivity contribution in [1.82, 2.24) is 4.90 Å². The minimum Gasteiger partial charge on any atom is -0.478 e. The predicted molar refractivity (Wildman–Crippen MR) is 92.6 cm³/mol. The summed E-state index contributed by atoms with van der Waals surface area (Å²) in [5.41, 5.74) is 3.35. The highest BCUT2D eigenvalue weighted by Gasteiger charge is 2.22. The summed E-state index contributed by atoms with van der Waals surface area (Å²) in [5.74, 6) is -1.25. The predicted octanol–water partition coefficient (Wildman–Crippen LogP) is 2.54. The van der Waals surface area contributed by atoms with Crippen molar-refractivity contribution in [3.05, 3.63) is 64.7 Å². The molecule has 1 aliphatic heterocycles. The van der Waals surface area contributed by atoms with Crippen molar-refractivity contribution in [3.63, 3.8) is 0 Å². The Morgan fingerprint density at radius 2 is 1.68 bits per heavy atom. The molecular formula is C19H18N2O4. The van der Waals surface area contributed by atoms with Crippen molar-refractivity contribution < 1.29 is 19.5 Å². The van der Waals surface area contributed by atoms with Gasteiger partial charge in [-0.25, -0.2) is 4.79 Å². The van der Waals surface area contributed by atoms with E-state index in [0.29, 0.717) is 30.8 Å². The Morgan fingerprint density at radius 1 is 1.00 bits per heavy atom. The lowest BCUT2D eigenvalue weighted by atomic mass is 9.97. The highest BCUT2D eigenvalue weighted by atomic mass is 16.4. The van der Waals surface area contributed by atoms with E-state index in [4.69, 9.17) is 5.11 Å². The van der Waals surface area contributed by atoms with Gasteiger partial charge in [-0.05, 0) is 53.9 Å². The van der Waals surface area contributed by atoms with Crippen molar-refractivity contribution in [2.24, 2.45) is 0 Å². The summed E-state index contributed by atoms with van der Waals surface area (Å²) in [7, 11) is 0. The molecule has 0 aromatic heterocycles. The third kappa shape index (κ3) is 3.68. The number of carboxylic acids is 1. The monoisotopic (exact) mass is 338 g/mol. The van der Waals surface area contributed by atoms with Gasteiger partial charge in [0.1, 0.15) is 0 Å². The number of hydrogen-bond acceptors (Lipinski definition) is 3. The number of carbonyl (C=O) groups excluding carboxylic acids is 2. The lowest BCUT2D eigenvalue weighted by Gasteiger charge is -2.29. The summed E-state index contributed by atoms with van der Waals surface area (Å²) in [6.45, 7) is 2.41. The molecule has 1 heterocycles. The number of carboxylic acid groups (broad SMARTS) is 1. The van der Waals surface area contributed by atoms with Gasteiger partial charge in [-0.1, -0.05) is 6.07 Å². The van der Waals surface area contributed by atoms with E-state index >= 15 is 0 Å². The number of nitrogens with one attached hydrogen (secondary N) is 1. The first-order chi connectivity index (χ1) is 11.9. The van der Waals surface area contributed by atoms with Gasteiger partial charge in [0.2, 0.25) is 5.91 Å². The van der Waals surface area contributed by atoms with E-state index in [2.05, 4.69) is 5.32 Å². The smallest absolute Gasteiger partial charge is 0.335 e. The fraction of sp³-hybridized carbons (Fsp3) is 0.211. The molecule has 0 fully saturated rings. The molecule has 6 nitrogen and oxygen atoms in total. The zero-order valence-corrected chi connectivity index (χ0v) is 13.8. The summed E-state index contributed by atoms with van der Waals surface area (Å²) in [5, 5.41) is 11.8. The number of fused-ring (bicyclic) bond motifs is 1. The lowest BCUT2D eigenvalue weighted by Crippen LogP contribution is -2.36. The molecule has 0 unspecified atom stereocenters. The molecule has 128 valence electrons. The van der Waals surface area contributed by atoms with Crippen LogP contribution in [0.4, 0.5) is 5.69 Å². The standard InChI is InChI=1S/C19H18N2O4/c1-12(22)20-17-6-4-14(5-7-17)18(23)21-9-8-13-2-3-15(19(24)25)10-16(13)11-21/h2-7,10H,8-9,11H2,1H3,(H,20,22)(H,24,25). The van der Waals surface area contributed by atoms with Gasteiger partial charge in [-0.3, -0.25) is 9.59 Å². The van der Waals surface area contributed by atoms with Crippen LogP contribution in [0.25, 0.3) is 0 Å². The van der Waals surface area contributed by atoms with Gasteiger partial charge in [0, 0.05) is 31.3 Å². The Morgan fingerprint density at radius 3 is 2.32 bits per heavy atom. The highest BCUT2D eigenvalue weighted by molar-refractivity contribution is 5.95. The SMILES string of the molecule is CC(=O)Nc1ccc(C(=O)N2CCc3ccc(C(=O)O)cc3C2)cc1. The zero-order chi connectivity index (χ0) is 18.0. The molecule has 2 aromatic rings. The van der Waals surface area contributed by atoms with Crippen LogP contribution in [0.2, 0.25) is 0 Å². The molecule has 6 heteroatoms. The Kier molecular flexibility index (Phi) is 4.52. The molecule has 0 atom stereocenters. The van der Waals surface area contributed by atoms with Crippen molar-refractivity contribution in [2.75, 3.05) is 11.9 Å². The van der Waals surface area contributed by atoms with Gasteiger partial charge in [-0.15, -0.1) is 0 Å². The minimum atomic E-state index is -0.972. The van der Waals surface area contributed by atoms with Gasteiger partial charge in [0.25, 0.3) is 5.91 Å². The molecule has 0 bridgehead atoms. The third-order valence-electron chi connectivity index (χ3n) is 4.20. The molecule has 2 amide bonds. The number of hydrogen-bond donors (Lipinski definition) is 2. The summed E-state index contributed by atoms with van der Waals surface area (Å²) >= 11 is 0. The van der Waals surface area contributed by atoms with E-state index in [1.54, 1.807) is 41.3 Å². The van der Waals surface area contributed by atoms with Crippen LogP contribution in [0.1, 0.15) is 38.8 Å². The van der Waals surface area contributed by atoms with E-state index in [0.717, 1.165) is 11.1 Å². The number of nitrogens with zero attached hydrogens (tertiary/aromatic N) is 1. The Labute approximate surface area is 145 Å². The van der Waals surface area contributed by atoms with Gasteiger partial charge >= 0.3 is 5.97 Å². The van der Waals surface area contributed by atoms with Crippen molar-refractivity contribution >= 4 is 23.5 Å². The average molecular weight is 338 g/mol. The number of carbonyl (C=O) groups is 3. The quantitative estimate of drug-likeness (QED) is 0.900. The maximum Gasteiger partial charge on any atom is 0.335 e. The first-order valence-electron chi connectivity index (χ1n) is 7.96. The minimum absolute atomic E-state index is 0.110. The van der Waals surface area contributed by atoms with Crippen molar-refractivity contribution in [2.45, 2.75) is 19.9 Å². The Hall–Kier alpha value is -3.15. The van der Waals surface area contributed by atoms with Crippen LogP contribution in [0.5, 0.6) is 0 Å². The number of benzene rings is 2. The maximum absolute atomic E-state index is 12.7. The van der Waals surface area contributed by atoms with Crippen LogP contribution in [-0.4, -0.2) is 34.3 Å². The highest BCUT2D eigenvalue weighted by Crippen LogP contribution is 2.22. The van der Waals surface area contributed by atoms with Crippen LogP contribution >= 0.6 is 0 Å². The van der Waals surface area contributed by atoms with Crippen LogP contribution in [-0.2, 0) is 17.8 Å². The summed E-state index contributed by atoms with van der Waals surface area (Å²) in [6, 6.07) is 11.8. The summed E-state index contributed by atoms with van der Waals surface area (Å²) in [4.78, 5) is 36.6. The van der Waals surface area contributed by atoms with E-state index < -0.39 is 5.97 Å². The summed E-state index contributed by atoms with van der Waals surface area (Å²) in [6.07, 6.45) is 0.699. The first-order valence-corrected chi connectivity index (χ1v) is 7.96.